The Morgan fingerprint density at radius 2 is 0.633 bits per heavy atom. The Labute approximate surface area is 471 Å². The average molecular weight is 1030 g/mol. The molecule has 1 aliphatic rings. The highest BCUT2D eigenvalue weighted by Gasteiger charge is 2.42. The molecule has 11 rings (SSSR count). The van der Waals surface area contributed by atoms with Crippen LogP contribution in [0.2, 0.25) is 0 Å². The van der Waals surface area contributed by atoms with Gasteiger partial charge in [0.1, 0.15) is 0 Å². The van der Waals surface area contributed by atoms with Crippen LogP contribution in [0.5, 0.6) is 0 Å². The number of hydrogen-bond donors (Lipinski definition) is 0. The van der Waals surface area contributed by atoms with Gasteiger partial charge in [-0.3, -0.25) is 0 Å². The lowest BCUT2D eigenvalue weighted by molar-refractivity contribution is 0.398. The van der Waals surface area contributed by atoms with Crippen molar-refractivity contribution in [3.63, 3.8) is 0 Å². The Morgan fingerprint density at radius 1 is 0.278 bits per heavy atom. The minimum absolute atomic E-state index is 0.0297. The molecule has 0 atom stereocenters. The Morgan fingerprint density at radius 3 is 1.06 bits per heavy atom. The maximum Gasteiger partial charge on any atom is 0.160 e. The molecule has 0 aliphatic heterocycles. The van der Waals surface area contributed by atoms with Crippen molar-refractivity contribution in [1.82, 2.24) is 9.97 Å². The standard InChI is InChI=1S/C77H76N2/c1-5-7-9-11-13-21-47-77(48-22-14-12-10-8-6-2)72-52-66(61-37-31-58(32-38-61)57-29-27-55(3)28-30-57)43-45-70(72)71-46-44-67(53-73(71)77)62-39-33-59(34-40-62)60-35-41-63(42-36-60)68-49-56(4)50-69(51-68)76-78-74(64-23-17-15-18-24-64)54-75(79-76)65-25-19-16-20-26-65/h15-20,23-46,49-54H,5-14,21-22,47-48H2,1-4H3. The van der Waals surface area contributed by atoms with E-state index in [9.17, 15) is 0 Å². The molecule has 394 valence electrons. The summed E-state index contributed by atoms with van der Waals surface area (Å²) in [5.74, 6) is 0.723. The second-order valence-corrected chi connectivity index (χ2v) is 22.5. The lowest BCUT2D eigenvalue weighted by Crippen LogP contribution is -2.25. The van der Waals surface area contributed by atoms with Gasteiger partial charge in [0.2, 0.25) is 0 Å². The fraction of sp³-hybridized carbons (Fsp3) is 0.247. The van der Waals surface area contributed by atoms with Gasteiger partial charge in [-0.15, -0.1) is 0 Å². The van der Waals surface area contributed by atoms with Crippen LogP contribution in [0.4, 0.5) is 0 Å². The van der Waals surface area contributed by atoms with Crippen LogP contribution >= 0.6 is 0 Å². The maximum atomic E-state index is 5.15. The minimum Gasteiger partial charge on any atom is -0.228 e. The molecule has 2 heteroatoms. The van der Waals surface area contributed by atoms with Crippen LogP contribution in [-0.2, 0) is 5.41 Å². The fourth-order valence-electron chi connectivity index (χ4n) is 12.4. The number of nitrogens with zero attached hydrogens (tertiary/aromatic N) is 2. The van der Waals surface area contributed by atoms with Gasteiger partial charge in [-0.1, -0.05) is 285 Å². The van der Waals surface area contributed by atoms with Gasteiger partial charge in [0.15, 0.2) is 5.82 Å². The monoisotopic (exact) mass is 1030 g/mol. The van der Waals surface area contributed by atoms with Crippen LogP contribution in [0.15, 0.2) is 218 Å². The van der Waals surface area contributed by atoms with Gasteiger partial charge in [-0.25, -0.2) is 9.97 Å². The largest absolute Gasteiger partial charge is 0.228 e. The number of rotatable bonds is 22. The summed E-state index contributed by atoms with van der Waals surface area (Å²) in [6.07, 6.45) is 18.0. The first kappa shape index (κ1) is 53.1. The smallest absolute Gasteiger partial charge is 0.160 e. The van der Waals surface area contributed by atoms with E-state index >= 15 is 0 Å². The first-order chi connectivity index (χ1) is 38.8. The quantitative estimate of drug-likeness (QED) is 0.0632. The van der Waals surface area contributed by atoms with E-state index in [0.29, 0.717) is 0 Å². The van der Waals surface area contributed by atoms with Crippen molar-refractivity contribution >= 4 is 0 Å². The van der Waals surface area contributed by atoms with Crippen LogP contribution in [0.3, 0.4) is 0 Å². The third kappa shape index (κ3) is 12.1. The van der Waals surface area contributed by atoms with E-state index in [4.69, 9.17) is 9.97 Å². The number of fused-ring (bicyclic) bond motifs is 3. The lowest BCUT2D eigenvalue weighted by atomic mass is 9.70. The second kappa shape index (κ2) is 24.8. The highest BCUT2D eigenvalue weighted by Crippen LogP contribution is 2.56. The van der Waals surface area contributed by atoms with Gasteiger partial charge >= 0.3 is 0 Å². The van der Waals surface area contributed by atoms with Crippen LogP contribution in [0.25, 0.3) is 101 Å². The van der Waals surface area contributed by atoms with Gasteiger partial charge < -0.3 is 0 Å². The molecule has 0 spiro atoms. The predicted octanol–water partition coefficient (Wildman–Crippen LogP) is 22.2. The molecular formula is C77H76N2. The molecule has 0 radical (unpaired) electrons. The fourth-order valence-corrected chi connectivity index (χ4v) is 12.4. The zero-order valence-corrected chi connectivity index (χ0v) is 47.1. The van der Waals surface area contributed by atoms with Crippen molar-refractivity contribution < 1.29 is 0 Å². The van der Waals surface area contributed by atoms with Crippen molar-refractivity contribution in [3.05, 3.63) is 241 Å². The summed E-state index contributed by atoms with van der Waals surface area (Å²) in [5, 5.41) is 0. The summed E-state index contributed by atoms with van der Waals surface area (Å²) in [7, 11) is 0. The van der Waals surface area contributed by atoms with Crippen LogP contribution in [0.1, 0.15) is 126 Å². The van der Waals surface area contributed by atoms with E-state index in [2.05, 4.69) is 234 Å². The van der Waals surface area contributed by atoms with E-state index in [0.717, 1.165) is 39.5 Å². The van der Waals surface area contributed by atoms with Gasteiger partial charge in [-0.2, -0.15) is 0 Å². The van der Waals surface area contributed by atoms with Crippen LogP contribution < -0.4 is 0 Å². The van der Waals surface area contributed by atoms with Crippen LogP contribution in [-0.4, -0.2) is 9.97 Å². The molecule has 1 aromatic heterocycles. The number of benzene rings is 9. The average Bonchev–Trinajstić information content (AvgIpc) is 3.85. The number of aromatic nitrogens is 2. The second-order valence-electron chi connectivity index (χ2n) is 22.5. The van der Waals surface area contributed by atoms with Gasteiger partial charge in [0.25, 0.3) is 0 Å². The van der Waals surface area contributed by atoms with Crippen molar-refractivity contribution in [1.29, 1.82) is 0 Å². The summed E-state index contributed by atoms with van der Waals surface area (Å²) in [4.78, 5) is 10.3. The molecule has 10 aromatic rings. The Kier molecular flexibility index (Phi) is 16.7. The first-order valence-electron chi connectivity index (χ1n) is 29.7. The molecule has 0 fully saturated rings. The molecule has 0 N–H and O–H groups in total. The summed E-state index contributed by atoms with van der Waals surface area (Å²) >= 11 is 0. The zero-order valence-electron chi connectivity index (χ0n) is 47.1. The topological polar surface area (TPSA) is 25.8 Å². The zero-order chi connectivity index (χ0) is 54.0. The molecule has 2 nitrogen and oxygen atoms in total. The van der Waals surface area contributed by atoms with Gasteiger partial charge in [0.05, 0.1) is 11.4 Å². The van der Waals surface area contributed by atoms with E-state index in [1.165, 1.54) is 162 Å². The molecule has 0 saturated heterocycles. The molecule has 0 unspecified atom stereocenters. The molecule has 0 amide bonds. The number of hydrogen-bond acceptors (Lipinski definition) is 2. The van der Waals surface area contributed by atoms with Crippen LogP contribution in [0, 0.1) is 13.8 Å². The Balaban J connectivity index is 0.882. The molecule has 0 saturated carbocycles. The highest BCUT2D eigenvalue weighted by molar-refractivity contribution is 5.87. The summed E-state index contributed by atoms with van der Waals surface area (Å²) in [5.41, 5.74) is 25.8. The highest BCUT2D eigenvalue weighted by atomic mass is 14.9. The molecule has 79 heavy (non-hydrogen) atoms. The molecule has 0 bridgehead atoms. The normalized spacial score (nSPS) is 12.4. The first-order valence-corrected chi connectivity index (χ1v) is 29.7. The van der Waals surface area contributed by atoms with Crippen molar-refractivity contribution in [2.75, 3.05) is 0 Å². The van der Waals surface area contributed by atoms with E-state index in [1.807, 2.05) is 12.1 Å². The summed E-state index contributed by atoms with van der Waals surface area (Å²) < 4.78 is 0. The number of unbranched alkanes of at least 4 members (excludes halogenated alkanes) is 10. The van der Waals surface area contributed by atoms with Crippen molar-refractivity contribution in [2.24, 2.45) is 0 Å². The Hall–Kier alpha value is -7.94. The van der Waals surface area contributed by atoms with E-state index < -0.39 is 0 Å². The molecule has 9 aromatic carbocycles. The summed E-state index contributed by atoms with van der Waals surface area (Å²) in [6.45, 7) is 8.97. The van der Waals surface area contributed by atoms with Crippen molar-refractivity contribution in [2.45, 2.75) is 123 Å². The van der Waals surface area contributed by atoms with E-state index in [1.54, 1.807) is 11.1 Å². The maximum absolute atomic E-state index is 5.15. The van der Waals surface area contributed by atoms with Gasteiger partial charge in [-0.05, 0) is 140 Å². The molecule has 1 aliphatic carbocycles. The van der Waals surface area contributed by atoms with Crippen molar-refractivity contribution in [3.8, 4) is 101 Å². The third-order valence-corrected chi connectivity index (χ3v) is 16.8. The predicted molar refractivity (Wildman–Crippen MR) is 337 cm³/mol. The minimum atomic E-state index is -0.0297. The third-order valence-electron chi connectivity index (χ3n) is 16.8. The number of aryl methyl sites for hydroxylation is 2. The lowest BCUT2D eigenvalue weighted by Gasteiger charge is -2.33. The van der Waals surface area contributed by atoms with E-state index in [-0.39, 0.29) is 5.41 Å². The van der Waals surface area contributed by atoms with Gasteiger partial charge in [0, 0.05) is 22.1 Å². The Bertz CT molecular complexity index is 3540. The molecular weight excluding hydrogens is 953 g/mol. The SMILES string of the molecule is CCCCCCCCC1(CCCCCCCC)c2cc(-c3ccc(-c4ccc(C)cc4)cc3)ccc2-c2ccc(-c3ccc(-c4ccc(-c5cc(C)cc(-c6nc(-c7ccccc7)cc(-c7ccccc7)n6)c5)cc4)cc3)cc21. The molecule has 1 heterocycles. The summed E-state index contributed by atoms with van der Waals surface area (Å²) in [6, 6.07) is 81.1.